The van der Waals surface area contributed by atoms with Gasteiger partial charge in [-0.1, -0.05) is 12.1 Å². The lowest BCUT2D eigenvalue weighted by Crippen LogP contribution is -2.07. The van der Waals surface area contributed by atoms with Crippen LogP contribution in [-0.2, 0) is 4.74 Å². The molecule has 0 N–H and O–H groups in total. The number of aromatic nitrogens is 3. The third kappa shape index (κ3) is 3.29. The predicted molar refractivity (Wildman–Crippen MR) is 89.1 cm³/mol. The number of ether oxygens (including phenoxy) is 1. The van der Waals surface area contributed by atoms with Gasteiger partial charge in [0.25, 0.3) is 0 Å². The zero-order valence-corrected chi connectivity index (χ0v) is 13.1. The second kappa shape index (κ2) is 6.44. The third-order valence-electron chi connectivity index (χ3n) is 3.37. The average molecular weight is 307 g/mol. The van der Waals surface area contributed by atoms with E-state index in [1.165, 1.54) is 6.20 Å². The van der Waals surface area contributed by atoms with Gasteiger partial charge in [-0.3, -0.25) is 9.38 Å². The molecule has 0 fully saturated rings. The summed E-state index contributed by atoms with van der Waals surface area (Å²) in [4.78, 5) is 20.6. The minimum absolute atomic E-state index is 0.338. The summed E-state index contributed by atoms with van der Waals surface area (Å²) in [6.07, 6.45) is 7.29. The van der Waals surface area contributed by atoms with Crippen LogP contribution in [0.4, 0.5) is 0 Å². The summed E-state index contributed by atoms with van der Waals surface area (Å²) in [5, 5.41) is 0. The molecule has 0 aliphatic heterocycles. The van der Waals surface area contributed by atoms with Crippen LogP contribution in [0.25, 0.3) is 17.8 Å². The van der Waals surface area contributed by atoms with E-state index < -0.39 is 0 Å². The number of fused-ring (bicyclic) bond motifs is 1. The average Bonchev–Trinajstić information content (AvgIpc) is 2.96. The van der Waals surface area contributed by atoms with Gasteiger partial charge in [-0.25, -0.2) is 9.78 Å². The molecule has 0 aromatic carbocycles. The lowest BCUT2D eigenvalue weighted by atomic mass is 10.2. The standard InChI is InChI=1S/C18H17N3O2/c1-3-23-18(22)16-11-19-17-10-8-14(12-21(16)17)7-9-15-6-4-5-13(2)20-15/h4-12H,3H2,1-2H3/b9-7+. The Morgan fingerprint density at radius 3 is 2.91 bits per heavy atom. The van der Waals surface area contributed by atoms with Crippen LogP contribution in [0.3, 0.4) is 0 Å². The number of nitrogens with zero attached hydrogens (tertiary/aromatic N) is 3. The van der Waals surface area contributed by atoms with E-state index in [-0.39, 0.29) is 5.97 Å². The highest BCUT2D eigenvalue weighted by molar-refractivity contribution is 5.88. The van der Waals surface area contributed by atoms with E-state index in [0.717, 1.165) is 17.0 Å². The summed E-state index contributed by atoms with van der Waals surface area (Å²) >= 11 is 0. The maximum Gasteiger partial charge on any atom is 0.356 e. The van der Waals surface area contributed by atoms with Gasteiger partial charge in [-0.2, -0.15) is 0 Å². The minimum atomic E-state index is -0.374. The van der Waals surface area contributed by atoms with E-state index in [4.69, 9.17) is 4.74 Å². The van der Waals surface area contributed by atoms with Crippen LogP contribution in [-0.4, -0.2) is 26.9 Å². The lowest BCUT2D eigenvalue weighted by Gasteiger charge is -2.03. The zero-order chi connectivity index (χ0) is 16.2. The van der Waals surface area contributed by atoms with Crippen LogP contribution < -0.4 is 0 Å². The summed E-state index contributed by atoms with van der Waals surface area (Å²) in [5.41, 5.74) is 3.94. The Hall–Kier alpha value is -2.95. The van der Waals surface area contributed by atoms with Crippen molar-refractivity contribution in [2.45, 2.75) is 13.8 Å². The maximum absolute atomic E-state index is 11.9. The largest absolute Gasteiger partial charge is 0.461 e. The Labute approximate surface area is 134 Å². The predicted octanol–water partition coefficient (Wildman–Crippen LogP) is 3.38. The molecule has 116 valence electrons. The van der Waals surface area contributed by atoms with E-state index in [2.05, 4.69) is 9.97 Å². The normalized spacial score (nSPS) is 11.2. The molecule has 0 saturated carbocycles. The Bertz CT molecular complexity index is 881. The van der Waals surface area contributed by atoms with Gasteiger partial charge in [0.15, 0.2) is 5.69 Å². The Kier molecular flexibility index (Phi) is 4.19. The summed E-state index contributed by atoms with van der Waals surface area (Å²) < 4.78 is 6.79. The van der Waals surface area contributed by atoms with Crippen LogP contribution in [0.1, 0.15) is 34.4 Å². The van der Waals surface area contributed by atoms with Crippen LogP contribution >= 0.6 is 0 Å². The Morgan fingerprint density at radius 1 is 1.26 bits per heavy atom. The molecule has 0 radical (unpaired) electrons. The van der Waals surface area contributed by atoms with Crippen LogP contribution in [0.15, 0.2) is 42.7 Å². The van der Waals surface area contributed by atoms with Gasteiger partial charge in [-0.15, -0.1) is 0 Å². The molecule has 23 heavy (non-hydrogen) atoms. The molecule has 0 amide bonds. The maximum atomic E-state index is 11.9. The summed E-state index contributed by atoms with van der Waals surface area (Å²) in [5.74, 6) is -0.374. The smallest absolute Gasteiger partial charge is 0.356 e. The highest BCUT2D eigenvalue weighted by Gasteiger charge is 2.12. The van der Waals surface area contributed by atoms with Crippen molar-refractivity contribution in [2.75, 3.05) is 6.61 Å². The van der Waals surface area contributed by atoms with Gasteiger partial charge in [-0.05, 0) is 49.8 Å². The fourth-order valence-corrected chi connectivity index (χ4v) is 2.29. The minimum Gasteiger partial charge on any atom is -0.461 e. The second-order valence-electron chi connectivity index (χ2n) is 5.09. The monoisotopic (exact) mass is 307 g/mol. The van der Waals surface area contributed by atoms with Gasteiger partial charge >= 0.3 is 5.97 Å². The number of aryl methyl sites for hydroxylation is 1. The van der Waals surface area contributed by atoms with Crippen molar-refractivity contribution in [2.24, 2.45) is 0 Å². The molecular formula is C18H17N3O2. The Balaban J connectivity index is 1.93. The number of rotatable bonds is 4. The third-order valence-corrected chi connectivity index (χ3v) is 3.37. The summed E-state index contributed by atoms with van der Waals surface area (Å²) in [6, 6.07) is 9.69. The fourth-order valence-electron chi connectivity index (χ4n) is 2.29. The first-order valence-electron chi connectivity index (χ1n) is 7.43. The topological polar surface area (TPSA) is 56.5 Å². The fraction of sp³-hybridized carbons (Fsp3) is 0.167. The molecule has 3 aromatic rings. The van der Waals surface area contributed by atoms with Crippen LogP contribution in [0, 0.1) is 6.92 Å². The van der Waals surface area contributed by atoms with E-state index in [1.54, 1.807) is 11.3 Å². The summed E-state index contributed by atoms with van der Waals surface area (Å²) in [6.45, 7) is 4.08. The number of esters is 1. The number of carbonyl (C=O) groups excluding carboxylic acids is 1. The van der Waals surface area contributed by atoms with Gasteiger partial charge in [0, 0.05) is 11.9 Å². The van der Waals surface area contributed by atoms with Gasteiger partial charge in [0.05, 0.1) is 18.5 Å². The zero-order valence-electron chi connectivity index (χ0n) is 13.1. The molecule has 5 nitrogen and oxygen atoms in total. The number of pyridine rings is 2. The molecule has 0 aliphatic rings. The highest BCUT2D eigenvalue weighted by atomic mass is 16.5. The number of hydrogen-bond acceptors (Lipinski definition) is 4. The van der Waals surface area contributed by atoms with Crippen molar-refractivity contribution in [1.29, 1.82) is 0 Å². The van der Waals surface area contributed by atoms with Crippen molar-refractivity contribution in [3.8, 4) is 0 Å². The van der Waals surface area contributed by atoms with Crippen molar-refractivity contribution < 1.29 is 9.53 Å². The van der Waals surface area contributed by atoms with E-state index in [1.807, 2.05) is 55.6 Å². The first kappa shape index (κ1) is 15.0. The van der Waals surface area contributed by atoms with Crippen molar-refractivity contribution >= 4 is 23.8 Å². The second-order valence-corrected chi connectivity index (χ2v) is 5.09. The lowest BCUT2D eigenvalue weighted by molar-refractivity contribution is 0.0518. The molecule has 0 bridgehead atoms. The summed E-state index contributed by atoms with van der Waals surface area (Å²) in [7, 11) is 0. The van der Waals surface area contributed by atoms with E-state index in [9.17, 15) is 4.79 Å². The molecule has 3 rings (SSSR count). The molecule has 3 aromatic heterocycles. The number of hydrogen-bond donors (Lipinski definition) is 0. The molecule has 0 aliphatic carbocycles. The molecule has 0 saturated heterocycles. The quantitative estimate of drug-likeness (QED) is 0.693. The Morgan fingerprint density at radius 2 is 2.13 bits per heavy atom. The molecular weight excluding hydrogens is 290 g/mol. The number of imidazole rings is 1. The van der Waals surface area contributed by atoms with Crippen molar-refractivity contribution in [3.05, 3.63) is 65.4 Å². The van der Waals surface area contributed by atoms with Crippen molar-refractivity contribution in [1.82, 2.24) is 14.4 Å². The van der Waals surface area contributed by atoms with Crippen molar-refractivity contribution in [3.63, 3.8) is 0 Å². The molecule has 0 atom stereocenters. The number of carbonyl (C=O) groups is 1. The van der Waals surface area contributed by atoms with Crippen LogP contribution in [0.2, 0.25) is 0 Å². The van der Waals surface area contributed by atoms with Gasteiger partial charge in [0.1, 0.15) is 5.65 Å². The first-order valence-corrected chi connectivity index (χ1v) is 7.43. The van der Waals surface area contributed by atoms with Gasteiger partial charge in [0.2, 0.25) is 0 Å². The first-order chi connectivity index (χ1) is 11.2. The highest BCUT2D eigenvalue weighted by Crippen LogP contribution is 2.13. The SMILES string of the molecule is CCOC(=O)c1cnc2ccc(/C=C/c3cccc(C)n3)cn12. The molecule has 5 heteroatoms. The van der Waals surface area contributed by atoms with Gasteiger partial charge < -0.3 is 4.74 Å². The molecule has 3 heterocycles. The van der Waals surface area contributed by atoms with E-state index in [0.29, 0.717) is 17.9 Å². The van der Waals surface area contributed by atoms with E-state index >= 15 is 0 Å². The van der Waals surface area contributed by atoms with Crippen LogP contribution in [0.5, 0.6) is 0 Å². The molecule has 0 unspecified atom stereocenters. The molecule has 0 spiro atoms.